The third-order valence-electron chi connectivity index (χ3n) is 5.82. The molecule has 190 valence electrons. The summed E-state index contributed by atoms with van der Waals surface area (Å²) in [6, 6.07) is 14.9. The van der Waals surface area contributed by atoms with Crippen LogP contribution in [0, 0.1) is 0 Å². The van der Waals surface area contributed by atoms with Crippen molar-refractivity contribution in [3.05, 3.63) is 79.7 Å². The molecule has 11 heteroatoms. The first-order valence-corrected chi connectivity index (χ1v) is 12.8. The van der Waals surface area contributed by atoms with E-state index in [0.717, 1.165) is 22.0 Å². The predicted octanol–water partition coefficient (Wildman–Crippen LogP) is 4.76. The molecular formula is C26H25BrN6O4. The maximum absolute atomic E-state index is 13.0. The molecule has 5 aromatic rings. The molecule has 0 aliphatic heterocycles. The Morgan fingerprint density at radius 3 is 2.43 bits per heavy atom. The maximum Gasteiger partial charge on any atom is 0.332 e. The van der Waals surface area contributed by atoms with Crippen LogP contribution in [0.2, 0.25) is 0 Å². The average molecular weight is 565 g/mol. The summed E-state index contributed by atoms with van der Waals surface area (Å²) in [5.74, 6) is 1.95. The lowest BCUT2D eigenvalue weighted by atomic mass is 10.2. The molecule has 0 saturated heterocycles. The van der Waals surface area contributed by atoms with Crippen LogP contribution in [0.3, 0.4) is 0 Å². The lowest BCUT2D eigenvalue weighted by Crippen LogP contribution is -2.40. The number of nitrogens with zero attached hydrogens (tertiary/aromatic N) is 5. The molecule has 0 atom stereocenters. The maximum atomic E-state index is 13.0. The Labute approximate surface area is 220 Å². The number of rotatable bonds is 9. The van der Waals surface area contributed by atoms with Gasteiger partial charge in [-0.05, 0) is 65.2 Å². The topological polar surface area (TPSA) is 121 Å². The Bertz CT molecular complexity index is 1670. The van der Waals surface area contributed by atoms with Crippen LogP contribution >= 0.6 is 15.9 Å². The number of fused-ring (bicyclic) bond motifs is 1. The van der Waals surface area contributed by atoms with E-state index in [9.17, 15) is 9.59 Å². The van der Waals surface area contributed by atoms with Crippen LogP contribution in [0.4, 0.5) is 0 Å². The summed E-state index contributed by atoms with van der Waals surface area (Å²) in [5.41, 5.74) is 1.59. The van der Waals surface area contributed by atoms with E-state index < -0.39 is 0 Å². The van der Waals surface area contributed by atoms with Gasteiger partial charge in [0.25, 0.3) is 11.4 Å². The summed E-state index contributed by atoms with van der Waals surface area (Å²) in [5, 5.41) is 3.99. The SMILES string of the molecule is CCCn1c(=O)c2[nH]c(-c3ccc(OCc4noc(-c5ccccc5Br)n4)cc3)nc2n(CCC)c1=O. The van der Waals surface area contributed by atoms with Gasteiger partial charge < -0.3 is 14.2 Å². The fraction of sp³-hybridized carbons (Fsp3) is 0.269. The predicted molar refractivity (Wildman–Crippen MR) is 142 cm³/mol. The van der Waals surface area contributed by atoms with E-state index in [1.807, 2.05) is 50.2 Å². The lowest BCUT2D eigenvalue weighted by molar-refractivity contribution is 0.287. The lowest BCUT2D eigenvalue weighted by Gasteiger charge is -2.09. The van der Waals surface area contributed by atoms with Gasteiger partial charge in [0.15, 0.2) is 12.3 Å². The third-order valence-corrected chi connectivity index (χ3v) is 6.52. The second-order valence-corrected chi connectivity index (χ2v) is 9.34. The minimum atomic E-state index is -0.352. The van der Waals surface area contributed by atoms with E-state index in [0.29, 0.717) is 54.0 Å². The number of aromatic nitrogens is 6. The molecule has 2 aromatic carbocycles. The van der Waals surface area contributed by atoms with Crippen molar-refractivity contribution in [2.75, 3.05) is 0 Å². The fourth-order valence-corrected chi connectivity index (χ4v) is 4.52. The minimum Gasteiger partial charge on any atom is -0.485 e. The van der Waals surface area contributed by atoms with Crippen LogP contribution in [-0.2, 0) is 19.7 Å². The Hall–Kier alpha value is -3.99. The molecule has 0 bridgehead atoms. The van der Waals surface area contributed by atoms with Gasteiger partial charge in [-0.3, -0.25) is 13.9 Å². The van der Waals surface area contributed by atoms with E-state index in [4.69, 9.17) is 9.26 Å². The molecule has 3 aromatic heterocycles. The van der Waals surface area contributed by atoms with Crippen LogP contribution in [0.25, 0.3) is 34.0 Å². The van der Waals surface area contributed by atoms with Crippen molar-refractivity contribution >= 4 is 27.1 Å². The van der Waals surface area contributed by atoms with Gasteiger partial charge in [0.2, 0.25) is 5.82 Å². The van der Waals surface area contributed by atoms with Gasteiger partial charge in [-0.2, -0.15) is 4.98 Å². The monoisotopic (exact) mass is 564 g/mol. The Morgan fingerprint density at radius 1 is 0.973 bits per heavy atom. The highest BCUT2D eigenvalue weighted by molar-refractivity contribution is 9.10. The van der Waals surface area contributed by atoms with Gasteiger partial charge in [-0.25, -0.2) is 9.78 Å². The standard InChI is InChI=1S/C26H25BrN6O4/c1-3-13-32-23-21(25(34)33(14-4-2)26(32)35)29-22(30-23)16-9-11-17(12-10-16)36-15-20-28-24(37-31-20)18-7-5-6-8-19(18)27/h5-12H,3-4,13-15H2,1-2H3,(H,29,30). The number of nitrogens with one attached hydrogen (secondary N) is 1. The van der Waals surface area contributed by atoms with Gasteiger partial charge in [-0.1, -0.05) is 31.1 Å². The van der Waals surface area contributed by atoms with Crippen molar-refractivity contribution in [3.63, 3.8) is 0 Å². The number of benzene rings is 2. The number of H-pyrrole nitrogens is 1. The summed E-state index contributed by atoms with van der Waals surface area (Å²) >= 11 is 3.48. The number of aromatic amines is 1. The molecule has 0 unspecified atom stereocenters. The molecular weight excluding hydrogens is 540 g/mol. The Morgan fingerprint density at radius 2 is 1.70 bits per heavy atom. The highest BCUT2D eigenvalue weighted by atomic mass is 79.9. The van der Waals surface area contributed by atoms with Crippen molar-refractivity contribution in [1.29, 1.82) is 0 Å². The van der Waals surface area contributed by atoms with Crippen LogP contribution < -0.4 is 16.0 Å². The molecule has 1 N–H and O–H groups in total. The largest absolute Gasteiger partial charge is 0.485 e. The smallest absolute Gasteiger partial charge is 0.332 e. The molecule has 0 radical (unpaired) electrons. The summed E-state index contributed by atoms with van der Waals surface area (Å²) in [7, 11) is 0. The summed E-state index contributed by atoms with van der Waals surface area (Å²) in [6.07, 6.45) is 1.43. The number of hydrogen-bond donors (Lipinski definition) is 1. The third kappa shape index (κ3) is 4.86. The van der Waals surface area contributed by atoms with E-state index in [-0.39, 0.29) is 17.9 Å². The highest BCUT2D eigenvalue weighted by Crippen LogP contribution is 2.27. The van der Waals surface area contributed by atoms with Crippen LogP contribution in [0.5, 0.6) is 5.75 Å². The number of hydrogen-bond acceptors (Lipinski definition) is 7. The molecule has 0 spiro atoms. The molecule has 3 heterocycles. The first-order chi connectivity index (χ1) is 18.0. The highest BCUT2D eigenvalue weighted by Gasteiger charge is 2.17. The number of halogens is 1. The molecule has 37 heavy (non-hydrogen) atoms. The van der Waals surface area contributed by atoms with Crippen LogP contribution in [-0.4, -0.2) is 29.2 Å². The van der Waals surface area contributed by atoms with Gasteiger partial charge in [-0.15, -0.1) is 0 Å². The molecule has 0 saturated carbocycles. The first-order valence-electron chi connectivity index (χ1n) is 12.0. The molecule has 10 nitrogen and oxygen atoms in total. The Balaban J connectivity index is 1.36. The normalized spacial score (nSPS) is 11.3. The van der Waals surface area contributed by atoms with Crippen molar-refractivity contribution < 1.29 is 9.26 Å². The average Bonchev–Trinajstić information content (AvgIpc) is 3.56. The van der Waals surface area contributed by atoms with Crippen molar-refractivity contribution in [2.45, 2.75) is 46.4 Å². The molecule has 5 rings (SSSR count). The molecule has 0 amide bonds. The van der Waals surface area contributed by atoms with Crippen molar-refractivity contribution in [1.82, 2.24) is 29.2 Å². The zero-order chi connectivity index (χ0) is 25.9. The van der Waals surface area contributed by atoms with Gasteiger partial charge in [0, 0.05) is 23.1 Å². The fourth-order valence-electron chi connectivity index (χ4n) is 4.06. The van der Waals surface area contributed by atoms with Crippen molar-refractivity contribution in [2.24, 2.45) is 0 Å². The number of imidazole rings is 1. The first kappa shape index (κ1) is 24.7. The van der Waals surface area contributed by atoms with Crippen LogP contribution in [0.15, 0.2) is 67.1 Å². The summed E-state index contributed by atoms with van der Waals surface area (Å²) < 4.78 is 14.9. The van der Waals surface area contributed by atoms with E-state index in [1.54, 1.807) is 16.7 Å². The zero-order valence-corrected chi connectivity index (χ0v) is 22.0. The Kier molecular flexibility index (Phi) is 7.04. The molecule has 0 aliphatic carbocycles. The second-order valence-electron chi connectivity index (χ2n) is 8.48. The van der Waals surface area contributed by atoms with Gasteiger partial charge in [0.1, 0.15) is 17.1 Å². The quantitative estimate of drug-likeness (QED) is 0.274. The van der Waals surface area contributed by atoms with Gasteiger partial charge in [0.05, 0.1) is 5.56 Å². The van der Waals surface area contributed by atoms with Crippen LogP contribution in [0.1, 0.15) is 32.5 Å². The van der Waals surface area contributed by atoms with Crippen molar-refractivity contribution in [3.8, 4) is 28.6 Å². The summed E-state index contributed by atoms with van der Waals surface area (Å²) in [6.45, 7) is 4.90. The number of aryl methyl sites for hydroxylation is 1. The second kappa shape index (κ2) is 10.6. The zero-order valence-electron chi connectivity index (χ0n) is 20.4. The van der Waals surface area contributed by atoms with Gasteiger partial charge >= 0.3 is 5.69 Å². The van der Waals surface area contributed by atoms with E-state index in [1.165, 1.54) is 4.57 Å². The number of ether oxygens (including phenoxy) is 1. The molecule has 0 fully saturated rings. The van der Waals surface area contributed by atoms with E-state index >= 15 is 0 Å². The molecule has 0 aliphatic rings. The minimum absolute atomic E-state index is 0.137. The van der Waals surface area contributed by atoms with E-state index in [2.05, 4.69) is 36.0 Å². The summed E-state index contributed by atoms with van der Waals surface area (Å²) in [4.78, 5) is 38.0.